The molecule has 0 aromatic heterocycles. The van der Waals surface area contributed by atoms with E-state index in [2.05, 4.69) is 45.5 Å². The number of benzene rings is 1. The Bertz CT molecular complexity index is 444. The first-order valence-corrected chi connectivity index (χ1v) is 8.31. The van der Waals surface area contributed by atoms with Crippen LogP contribution >= 0.6 is 27.7 Å². The lowest BCUT2D eigenvalue weighted by Gasteiger charge is -2.23. The molecule has 0 unspecified atom stereocenters. The maximum atomic E-state index is 4.80. The average molecular weight is 325 g/mol. The molecule has 0 spiro atoms. The third-order valence-corrected chi connectivity index (χ3v) is 5.11. The van der Waals surface area contributed by atoms with Crippen molar-refractivity contribution in [2.24, 2.45) is 4.99 Å². The van der Waals surface area contributed by atoms with E-state index in [-0.39, 0.29) is 0 Å². The van der Waals surface area contributed by atoms with Gasteiger partial charge in [0.2, 0.25) is 0 Å². The normalized spacial score (nSPS) is 26.4. The maximum Gasteiger partial charge on any atom is 0.157 e. The maximum absolute atomic E-state index is 4.80. The van der Waals surface area contributed by atoms with Gasteiger partial charge in [-0.05, 0) is 30.5 Å². The molecule has 1 fully saturated rings. The van der Waals surface area contributed by atoms with E-state index in [4.69, 9.17) is 4.99 Å². The zero-order chi connectivity index (χ0) is 12.4. The summed E-state index contributed by atoms with van der Waals surface area (Å²) < 4.78 is 1.14. The molecular weight excluding hydrogens is 308 g/mol. The largest absolute Gasteiger partial charge is 0.360 e. The molecular formula is C14H17BrN2S. The standard InChI is InChI=1S/C14H17BrN2S/c15-11-7-5-10(6-8-11)9-18-14-16-12-3-1-2-4-13(12)17-14/h5-8,12-13H,1-4,9H2,(H,16,17)/t12-,13+. The van der Waals surface area contributed by atoms with Gasteiger partial charge in [0.25, 0.3) is 0 Å². The highest BCUT2D eigenvalue weighted by Gasteiger charge is 2.30. The van der Waals surface area contributed by atoms with Gasteiger partial charge in [-0.2, -0.15) is 0 Å². The number of hydrogen-bond acceptors (Lipinski definition) is 3. The third kappa shape index (κ3) is 2.91. The summed E-state index contributed by atoms with van der Waals surface area (Å²) in [7, 11) is 0. The molecule has 96 valence electrons. The first-order chi connectivity index (χ1) is 8.81. The molecule has 18 heavy (non-hydrogen) atoms. The Balaban J connectivity index is 1.56. The quantitative estimate of drug-likeness (QED) is 0.890. The van der Waals surface area contributed by atoms with Crippen molar-refractivity contribution in [2.75, 3.05) is 0 Å². The van der Waals surface area contributed by atoms with E-state index >= 15 is 0 Å². The number of fused-ring (bicyclic) bond motifs is 1. The van der Waals surface area contributed by atoms with E-state index < -0.39 is 0 Å². The summed E-state index contributed by atoms with van der Waals surface area (Å²) in [5, 5.41) is 4.73. The summed E-state index contributed by atoms with van der Waals surface area (Å²) in [6.07, 6.45) is 5.25. The lowest BCUT2D eigenvalue weighted by atomic mass is 9.92. The lowest BCUT2D eigenvalue weighted by molar-refractivity contribution is 0.385. The monoisotopic (exact) mass is 324 g/mol. The van der Waals surface area contributed by atoms with Gasteiger partial charge in [0.05, 0.1) is 12.1 Å². The highest BCUT2D eigenvalue weighted by molar-refractivity contribution is 9.10. The van der Waals surface area contributed by atoms with Crippen LogP contribution in [0.3, 0.4) is 0 Å². The third-order valence-electron chi connectivity index (χ3n) is 3.61. The molecule has 0 saturated heterocycles. The van der Waals surface area contributed by atoms with Gasteiger partial charge in [-0.25, -0.2) is 0 Å². The summed E-state index contributed by atoms with van der Waals surface area (Å²) in [6.45, 7) is 0. The Morgan fingerprint density at radius 1 is 1.22 bits per heavy atom. The number of aliphatic imine (C=N–C) groups is 1. The van der Waals surface area contributed by atoms with E-state index in [1.54, 1.807) is 0 Å². The van der Waals surface area contributed by atoms with E-state index in [1.165, 1.54) is 31.2 Å². The number of hydrogen-bond donors (Lipinski definition) is 1. The number of amidine groups is 1. The van der Waals surface area contributed by atoms with Gasteiger partial charge in [0.15, 0.2) is 5.17 Å². The minimum Gasteiger partial charge on any atom is -0.360 e. The second kappa shape index (κ2) is 5.66. The molecule has 0 bridgehead atoms. The molecule has 1 aliphatic carbocycles. The molecule has 1 aromatic carbocycles. The van der Waals surface area contributed by atoms with Crippen LogP contribution in [0.25, 0.3) is 0 Å². The summed E-state index contributed by atoms with van der Waals surface area (Å²) in [5.41, 5.74) is 1.35. The minimum absolute atomic E-state index is 0.547. The van der Waals surface area contributed by atoms with Crippen molar-refractivity contribution >= 4 is 32.9 Å². The van der Waals surface area contributed by atoms with Crippen molar-refractivity contribution in [1.82, 2.24) is 5.32 Å². The summed E-state index contributed by atoms with van der Waals surface area (Å²) in [4.78, 5) is 4.80. The predicted octanol–water partition coefficient (Wildman–Crippen LogP) is 3.95. The van der Waals surface area contributed by atoms with Gasteiger partial charge in [-0.15, -0.1) is 0 Å². The van der Waals surface area contributed by atoms with Crippen LogP contribution in [-0.2, 0) is 5.75 Å². The van der Waals surface area contributed by atoms with E-state index in [0.29, 0.717) is 12.1 Å². The second-order valence-corrected chi connectivity index (χ2v) is 6.83. The van der Waals surface area contributed by atoms with Gasteiger partial charge in [0, 0.05) is 10.2 Å². The summed E-state index contributed by atoms with van der Waals surface area (Å²) >= 11 is 5.29. The van der Waals surface area contributed by atoms with Gasteiger partial charge in [0.1, 0.15) is 0 Å². The number of halogens is 1. The van der Waals surface area contributed by atoms with Crippen molar-refractivity contribution in [3.05, 3.63) is 34.3 Å². The van der Waals surface area contributed by atoms with Crippen LogP contribution < -0.4 is 5.32 Å². The van der Waals surface area contributed by atoms with Crippen LogP contribution in [0, 0.1) is 0 Å². The summed E-state index contributed by atoms with van der Waals surface area (Å²) in [6, 6.07) is 9.69. The van der Waals surface area contributed by atoms with Crippen LogP contribution in [-0.4, -0.2) is 17.3 Å². The fourth-order valence-electron chi connectivity index (χ4n) is 2.59. The molecule has 2 nitrogen and oxygen atoms in total. The van der Waals surface area contributed by atoms with E-state index in [9.17, 15) is 0 Å². The molecule has 1 aliphatic heterocycles. The highest BCUT2D eigenvalue weighted by Crippen LogP contribution is 2.28. The molecule has 3 rings (SSSR count). The van der Waals surface area contributed by atoms with Crippen LogP contribution in [0.15, 0.2) is 33.7 Å². The van der Waals surface area contributed by atoms with E-state index in [0.717, 1.165) is 15.4 Å². The van der Waals surface area contributed by atoms with Gasteiger partial charge in [-0.1, -0.05) is 52.7 Å². The number of nitrogens with zero attached hydrogens (tertiary/aromatic N) is 1. The fraction of sp³-hybridized carbons (Fsp3) is 0.500. The SMILES string of the molecule is Brc1ccc(CSC2=N[C@@H]3CCCC[C@@H]3N2)cc1. The smallest absolute Gasteiger partial charge is 0.157 e. The number of rotatable bonds is 2. The van der Waals surface area contributed by atoms with Crippen molar-refractivity contribution in [3.63, 3.8) is 0 Å². The topological polar surface area (TPSA) is 24.4 Å². The Morgan fingerprint density at radius 3 is 2.78 bits per heavy atom. The van der Waals surface area contributed by atoms with Gasteiger partial charge in [-0.3, -0.25) is 4.99 Å². The number of nitrogens with one attached hydrogen (secondary N) is 1. The van der Waals surface area contributed by atoms with Crippen LogP contribution in [0.1, 0.15) is 31.2 Å². The van der Waals surface area contributed by atoms with Crippen LogP contribution in [0.4, 0.5) is 0 Å². The van der Waals surface area contributed by atoms with Crippen molar-refractivity contribution in [1.29, 1.82) is 0 Å². The van der Waals surface area contributed by atoms with Crippen molar-refractivity contribution in [2.45, 2.75) is 43.5 Å². The lowest BCUT2D eigenvalue weighted by Crippen LogP contribution is -2.36. The number of thioether (sulfide) groups is 1. The Kier molecular flexibility index (Phi) is 3.94. The predicted molar refractivity (Wildman–Crippen MR) is 82.1 cm³/mol. The molecule has 4 heteroatoms. The first kappa shape index (κ1) is 12.5. The highest BCUT2D eigenvalue weighted by atomic mass is 79.9. The molecule has 1 N–H and O–H groups in total. The Morgan fingerprint density at radius 2 is 2.00 bits per heavy atom. The van der Waals surface area contributed by atoms with Crippen LogP contribution in [0.2, 0.25) is 0 Å². The van der Waals surface area contributed by atoms with Crippen molar-refractivity contribution in [3.8, 4) is 0 Å². The molecule has 2 aliphatic rings. The Labute approximate surface area is 121 Å². The Hall–Kier alpha value is -0.480. The van der Waals surface area contributed by atoms with E-state index in [1.807, 2.05) is 11.8 Å². The molecule has 0 amide bonds. The first-order valence-electron chi connectivity index (χ1n) is 6.53. The molecule has 2 atom stereocenters. The molecule has 1 heterocycles. The second-order valence-electron chi connectivity index (χ2n) is 4.95. The van der Waals surface area contributed by atoms with Crippen molar-refractivity contribution < 1.29 is 0 Å². The van der Waals surface area contributed by atoms with Gasteiger partial charge < -0.3 is 5.32 Å². The van der Waals surface area contributed by atoms with Gasteiger partial charge >= 0.3 is 0 Å². The zero-order valence-electron chi connectivity index (χ0n) is 10.2. The minimum atomic E-state index is 0.547. The zero-order valence-corrected chi connectivity index (χ0v) is 12.6. The average Bonchev–Trinajstić information content (AvgIpc) is 2.81. The summed E-state index contributed by atoms with van der Waals surface area (Å²) in [5.74, 6) is 0.999. The molecule has 1 aromatic rings. The van der Waals surface area contributed by atoms with Crippen LogP contribution in [0.5, 0.6) is 0 Å². The molecule has 1 saturated carbocycles. The molecule has 0 radical (unpaired) electrons. The fourth-order valence-corrected chi connectivity index (χ4v) is 3.80.